The Bertz CT molecular complexity index is 872. The molecule has 0 radical (unpaired) electrons. The van der Waals surface area contributed by atoms with E-state index in [-0.39, 0.29) is 5.97 Å². The second-order valence-corrected chi connectivity index (χ2v) is 7.01. The average molecular weight is 398 g/mol. The molecule has 5 heteroatoms. The highest BCUT2D eigenvalue weighted by Crippen LogP contribution is 2.43. The van der Waals surface area contributed by atoms with Gasteiger partial charge < -0.3 is 14.2 Å². The predicted molar refractivity (Wildman–Crippen MR) is 116 cm³/mol. The van der Waals surface area contributed by atoms with Gasteiger partial charge in [0.05, 0.1) is 20.8 Å². The minimum atomic E-state index is -0.237. The molecule has 0 spiro atoms. The van der Waals surface area contributed by atoms with Gasteiger partial charge in [-0.1, -0.05) is 12.1 Å². The quantitative estimate of drug-likeness (QED) is 0.430. The van der Waals surface area contributed by atoms with Gasteiger partial charge in [0.2, 0.25) is 0 Å². The van der Waals surface area contributed by atoms with E-state index in [1.807, 2.05) is 12.3 Å². The lowest BCUT2D eigenvalue weighted by Crippen LogP contribution is -2.05. The number of carbonyl (C=O) groups excluding carboxylic acids is 1. The molecule has 0 saturated carbocycles. The Hall–Kier alpha value is -2.82. The molecular weight excluding hydrogens is 366 g/mol. The molecule has 0 bridgehead atoms. The number of allylic oxidation sites excluding steroid dienone is 1. The molecule has 1 heterocycles. The summed E-state index contributed by atoms with van der Waals surface area (Å²) in [6.45, 7) is 8.05. The van der Waals surface area contributed by atoms with E-state index in [2.05, 4.69) is 37.9 Å². The van der Waals surface area contributed by atoms with Gasteiger partial charge in [-0.2, -0.15) is 0 Å². The monoisotopic (exact) mass is 397 g/mol. The molecule has 5 nitrogen and oxygen atoms in total. The zero-order chi connectivity index (χ0) is 21.4. The first-order valence-electron chi connectivity index (χ1n) is 9.88. The fraction of sp³-hybridized carbons (Fsp3) is 0.417. The Kier molecular flexibility index (Phi) is 8.25. The average Bonchev–Trinajstić information content (AvgIpc) is 2.71. The van der Waals surface area contributed by atoms with E-state index < -0.39 is 0 Å². The number of ether oxygens (including phenoxy) is 3. The van der Waals surface area contributed by atoms with Crippen molar-refractivity contribution in [3.63, 3.8) is 0 Å². The topological polar surface area (TPSA) is 57.7 Å². The van der Waals surface area contributed by atoms with E-state index in [0.29, 0.717) is 6.61 Å². The van der Waals surface area contributed by atoms with Crippen molar-refractivity contribution in [2.75, 3.05) is 20.8 Å². The fourth-order valence-corrected chi connectivity index (χ4v) is 3.57. The van der Waals surface area contributed by atoms with Crippen LogP contribution >= 0.6 is 0 Å². The maximum absolute atomic E-state index is 10.9. The Morgan fingerprint density at radius 2 is 1.72 bits per heavy atom. The minimum Gasteiger partial charge on any atom is -0.496 e. The summed E-state index contributed by atoms with van der Waals surface area (Å²) in [5.41, 5.74) is 6.32. The smallest absolute Gasteiger partial charge is 0.302 e. The zero-order valence-electron chi connectivity index (χ0n) is 18.3. The second-order valence-electron chi connectivity index (χ2n) is 7.01. The van der Waals surface area contributed by atoms with Crippen molar-refractivity contribution >= 4 is 11.5 Å². The molecule has 0 aliphatic heterocycles. The van der Waals surface area contributed by atoms with Crippen LogP contribution in [0, 0.1) is 20.8 Å². The molecule has 2 rings (SSSR count). The second kappa shape index (κ2) is 10.6. The van der Waals surface area contributed by atoms with Crippen LogP contribution < -0.4 is 9.47 Å². The highest BCUT2D eigenvalue weighted by molar-refractivity contribution is 5.86. The number of carbonyl (C=O) groups is 1. The SMILES string of the molecule is COc1c(C)c(C)c(OC)c(C(=CCCCCOC(C)=O)c2cccnc2)c1C. The first-order valence-corrected chi connectivity index (χ1v) is 9.88. The van der Waals surface area contributed by atoms with Crippen LogP contribution in [0.3, 0.4) is 0 Å². The number of benzene rings is 1. The normalized spacial score (nSPS) is 11.3. The van der Waals surface area contributed by atoms with Crippen molar-refractivity contribution in [2.24, 2.45) is 0 Å². The molecule has 0 N–H and O–H groups in total. The van der Waals surface area contributed by atoms with Crippen molar-refractivity contribution in [1.82, 2.24) is 4.98 Å². The standard InChI is InChI=1S/C24H31NO4/c1-16-17(2)24(28-6)22(18(3)23(16)27-5)21(20-11-10-13-25-15-20)12-8-7-9-14-29-19(4)26/h10-13,15H,7-9,14H2,1-6H3. The van der Waals surface area contributed by atoms with Crippen LogP contribution in [0.25, 0.3) is 5.57 Å². The van der Waals surface area contributed by atoms with E-state index in [0.717, 1.165) is 64.2 Å². The van der Waals surface area contributed by atoms with E-state index in [9.17, 15) is 4.79 Å². The van der Waals surface area contributed by atoms with Gasteiger partial charge in [-0.05, 0) is 62.8 Å². The Balaban J connectivity index is 2.48. The number of pyridine rings is 1. The lowest BCUT2D eigenvalue weighted by Gasteiger charge is -2.22. The Labute approximate surface area is 173 Å². The van der Waals surface area contributed by atoms with Gasteiger partial charge >= 0.3 is 5.97 Å². The van der Waals surface area contributed by atoms with Crippen LogP contribution in [0.5, 0.6) is 11.5 Å². The van der Waals surface area contributed by atoms with Crippen LogP contribution in [-0.2, 0) is 9.53 Å². The molecule has 1 aromatic carbocycles. The Morgan fingerprint density at radius 1 is 1.03 bits per heavy atom. The van der Waals surface area contributed by atoms with Crippen molar-refractivity contribution < 1.29 is 19.0 Å². The molecule has 1 aromatic heterocycles. The van der Waals surface area contributed by atoms with Crippen LogP contribution in [0.15, 0.2) is 30.6 Å². The van der Waals surface area contributed by atoms with Crippen LogP contribution in [-0.4, -0.2) is 31.8 Å². The summed E-state index contributed by atoms with van der Waals surface area (Å²) in [4.78, 5) is 15.2. The highest BCUT2D eigenvalue weighted by Gasteiger charge is 2.22. The minimum absolute atomic E-state index is 0.237. The number of hydrogen-bond acceptors (Lipinski definition) is 5. The first-order chi connectivity index (χ1) is 13.9. The molecule has 0 fully saturated rings. The lowest BCUT2D eigenvalue weighted by atomic mass is 9.88. The maximum atomic E-state index is 10.9. The molecular formula is C24H31NO4. The third kappa shape index (κ3) is 5.37. The van der Waals surface area contributed by atoms with Gasteiger partial charge in [0.25, 0.3) is 0 Å². The van der Waals surface area contributed by atoms with Gasteiger partial charge in [-0.25, -0.2) is 0 Å². The summed E-state index contributed by atoms with van der Waals surface area (Å²) in [5, 5.41) is 0. The number of nitrogens with zero attached hydrogens (tertiary/aromatic N) is 1. The zero-order valence-corrected chi connectivity index (χ0v) is 18.3. The maximum Gasteiger partial charge on any atom is 0.302 e. The van der Waals surface area contributed by atoms with Crippen LogP contribution in [0.1, 0.15) is 54.0 Å². The summed E-state index contributed by atoms with van der Waals surface area (Å²) >= 11 is 0. The van der Waals surface area contributed by atoms with Gasteiger partial charge in [-0.3, -0.25) is 9.78 Å². The molecule has 156 valence electrons. The van der Waals surface area contributed by atoms with E-state index in [1.54, 1.807) is 20.4 Å². The van der Waals surface area contributed by atoms with Gasteiger partial charge in [0.1, 0.15) is 11.5 Å². The number of methoxy groups -OCH3 is 2. The molecule has 0 amide bonds. The predicted octanol–water partition coefficient (Wildman–Crippen LogP) is 5.19. The summed E-state index contributed by atoms with van der Waals surface area (Å²) < 4.78 is 16.6. The summed E-state index contributed by atoms with van der Waals surface area (Å²) in [5.74, 6) is 1.50. The van der Waals surface area contributed by atoms with Crippen molar-refractivity contribution in [3.05, 3.63) is 58.4 Å². The molecule has 0 saturated heterocycles. The molecule has 29 heavy (non-hydrogen) atoms. The van der Waals surface area contributed by atoms with Crippen molar-refractivity contribution in [3.8, 4) is 11.5 Å². The number of unbranched alkanes of at least 4 members (excludes halogenated alkanes) is 2. The first kappa shape index (κ1) is 22.5. The molecule has 2 aromatic rings. The number of hydrogen-bond donors (Lipinski definition) is 0. The summed E-state index contributed by atoms with van der Waals surface area (Å²) in [6, 6.07) is 3.99. The molecule has 0 aliphatic rings. The van der Waals surface area contributed by atoms with E-state index >= 15 is 0 Å². The molecule has 0 atom stereocenters. The lowest BCUT2D eigenvalue weighted by molar-refractivity contribution is -0.141. The number of esters is 1. The van der Waals surface area contributed by atoms with E-state index in [1.165, 1.54) is 6.92 Å². The third-order valence-corrected chi connectivity index (χ3v) is 5.09. The number of rotatable bonds is 9. The highest BCUT2D eigenvalue weighted by atomic mass is 16.5. The van der Waals surface area contributed by atoms with Gasteiger partial charge in [0, 0.05) is 36.0 Å². The van der Waals surface area contributed by atoms with Gasteiger partial charge in [-0.15, -0.1) is 0 Å². The van der Waals surface area contributed by atoms with Gasteiger partial charge in [0.15, 0.2) is 0 Å². The van der Waals surface area contributed by atoms with Crippen LogP contribution in [0.2, 0.25) is 0 Å². The summed E-state index contributed by atoms with van der Waals surface area (Å²) in [7, 11) is 3.41. The molecule has 0 unspecified atom stereocenters. The third-order valence-electron chi connectivity index (χ3n) is 5.09. The van der Waals surface area contributed by atoms with Crippen molar-refractivity contribution in [1.29, 1.82) is 0 Å². The van der Waals surface area contributed by atoms with E-state index in [4.69, 9.17) is 14.2 Å². The van der Waals surface area contributed by atoms with Crippen LogP contribution in [0.4, 0.5) is 0 Å². The fourth-order valence-electron chi connectivity index (χ4n) is 3.57. The Morgan fingerprint density at radius 3 is 2.31 bits per heavy atom. The number of aromatic nitrogens is 1. The summed E-state index contributed by atoms with van der Waals surface area (Å²) in [6.07, 6.45) is 8.44. The molecule has 0 aliphatic carbocycles. The van der Waals surface area contributed by atoms with Crippen molar-refractivity contribution in [2.45, 2.75) is 47.0 Å². The largest absolute Gasteiger partial charge is 0.496 e.